The molecule has 1 heterocycles. The molecule has 3 nitrogen and oxygen atoms in total. The number of nitrogens with one attached hydrogen (secondary N) is 1. The maximum atomic E-state index is 5.83. The number of rotatable bonds is 7. The van der Waals surface area contributed by atoms with Gasteiger partial charge in [-0.2, -0.15) is 0 Å². The molecule has 1 aromatic carbocycles. The van der Waals surface area contributed by atoms with Crippen molar-refractivity contribution in [3.8, 4) is 5.75 Å². The van der Waals surface area contributed by atoms with E-state index < -0.39 is 0 Å². The summed E-state index contributed by atoms with van der Waals surface area (Å²) in [6.07, 6.45) is 2.79. The molecule has 106 valence electrons. The molecule has 0 spiro atoms. The monoisotopic (exact) mass is 283 g/mol. The smallest absolute Gasteiger partial charge is 0.119 e. The van der Waals surface area contributed by atoms with E-state index in [-0.39, 0.29) is 0 Å². The lowest BCUT2D eigenvalue weighted by Gasteiger charge is -2.16. The zero-order valence-corrected chi connectivity index (χ0v) is 12.2. The van der Waals surface area contributed by atoms with Gasteiger partial charge in [-0.15, -0.1) is 0 Å². The van der Waals surface area contributed by atoms with Crippen LogP contribution in [0.1, 0.15) is 19.8 Å². The standard InChI is InChI=1S/C15H22ClNO2/c1-12(9-17-10-15-3-2-8-18-15)11-19-14-6-4-13(16)5-7-14/h4-7,12,15,17H,2-3,8-11H2,1H3. The van der Waals surface area contributed by atoms with Crippen LogP contribution in [-0.2, 0) is 4.74 Å². The van der Waals surface area contributed by atoms with Gasteiger partial charge in [-0.3, -0.25) is 0 Å². The van der Waals surface area contributed by atoms with Gasteiger partial charge in [-0.05, 0) is 37.1 Å². The molecule has 0 aliphatic carbocycles. The summed E-state index contributed by atoms with van der Waals surface area (Å²) in [6, 6.07) is 7.48. The first kappa shape index (κ1) is 14.6. The molecule has 19 heavy (non-hydrogen) atoms. The minimum Gasteiger partial charge on any atom is -0.493 e. The maximum absolute atomic E-state index is 5.83. The van der Waals surface area contributed by atoms with Crippen molar-refractivity contribution in [3.63, 3.8) is 0 Å². The van der Waals surface area contributed by atoms with Gasteiger partial charge in [-0.1, -0.05) is 18.5 Å². The fraction of sp³-hybridized carbons (Fsp3) is 0.600. The minimum atomic E-state index is 0.407. The van der Waals surface area contributed by atoms with Gasteiger partial charge in [0.15, 0.2) is 0 Å². The molecule has 2 atom stereocenters. The molecule has 1 aliphatic heterocycles. The molecule has 0 aromatic heterocycles. The molecule has 1 N–H and O–H groups in total. The van der Waals surface area contributed by atoms with Crippen molar-refractivity contribution in [1.29, 1.82) is 0 Å². The first-order valence-electron chi connectivity index (χ1n) is 6.94. The molecular weight excluding hydrogens is 262 g/mol. The van der Waals surface area contributed by atoms with Crippen LogP contribution < -0.4 is 10.1 Å². The quantitative estimate of drug-likeness (QED) is 0.834. The highest BCUT2D eigenvalue weighted by molar-refractivity contribution is 6.30. The highest BCUT2D eigenvalue weighted by Gasteiger charge is 2.15. The number of hydrogen-bond donors (Lipinski definition) is 1. The van der Waals surface area contributed by atoms with E-state index in [2.05, 4.69) is 12.2 Å². The minimum absolute atomic E-state index is 0.407. The van der Waals surface area contributed by atoms with Crippen molar-refractivity contribution in [2.45, 2.75) is 25.9 Å². The van der Waals surface area contributed by atoms with Gasteiger partial charge < -0.3 is 14.8 Å². The predicted octanol–water partition coefficient (Wildman–Crippen LogP) is 3.12. The second-order valence-corrected chi connectivity index (χ2v) is 5.60. The third-order valence-corrected chi connectivity index (χ3v) is 3.49. The second kappa shape index (κ2) is 7.73. The van der Waals surface area contributed by atoms with Gasteiger partial charge in [0.05, 0.1) is 12.7 Å². The molecule has 1 aromatic rings. The molecule has 0 amide bonds. The summed E-state index contributed by atoms with van der Waals surface area (Å²) in [5.74, 6) is 1.34. The summed E-state index contributed by atoms with van der Waals surface area (Å²) in [5.41, 5.74) is 0. The number of benzene rings is 1. The van der Waals surface area contributed by atoms with Gasteiger partial charge in [0.25, 0.3) is 0 Å². The first-order valence-corrected chi connectivity index (χ1v) is 7.32. The Labute approximate surface area is 120 Å². The van der Waals surface area contributed by atoms with Crippen molar-refractivity contribution >= 4 is 11.6 Å². The van der Waals surface area contributed by atoms with Crippen molar-refractivity contribution in [2.75, 3.05) is 26.3 Å². The lowest BCUT2D eigenvalue weighted by Crippen LogP contribution is -2.31. The Hall–Kier alpha value is -0.770. The van der Waals surface area contributed by atoms with Crippen LogP contribution in [0.25, 0.3) is 0 Å². The molecule has 0 saturated carbocycles. The Morgan fingerprint density at radius 3 is 2.89 bits per heavy atom. The average molecular weight is 284 g/mol. The average Bonchev–Trinajstić information content (AvgIpc) is 2.91. The van der Waals surface area contributed by atoms with E-state index in [0.717, 1.165) is 30.5 Å². The third kappa shape index (κ3) is 5.39. The highest BCUT2D eigenvalue weighted by Crippen LogP contribution is 2.16. The molecule has 1 aliphatic rings. The molecule has 2 rings (SSSR count). The number of hydrogen-bond acceptors (Lipinski definition) is 3. The normalized spacial score (nSPS) is 20.4. The predicted molar refractivity (Wildman–Crippen MR) is 78.0 cm³/mol. The lowest BCUT2D eigenvalue weighted by molar-refractivity contribution is 0.108. The van der Waals surface area contributed by atoms with Gasteiger partial charge in [0, 0.05) is 30.6 Å². The van der Waals surface area contributed by atoms with E-state index in [1.165, 1.54) is 12.8 Å². The van der Waals surface area contributed by atoms with Crippen molar-refractivity contribution < 1.29 is 9.47 Å². The Bertz CT molecular complexity index is 363. The van der Waals surface area contributed by atoms with Crippen LogP contribution in [0, 0.1) is 5.92 Å². The van der Waals surface area contributed by atoms with Crippen LogP contribution in [-0.4, -0.2) is 32.4 Å². The van der Waals surface area contributed by atoms with E-state index >= 15 is 0 Å². The molecular formula is C15H22ClNO2. The van der Waals surface area contributed by atoms with E-state index in [4.69, 9.17) is 21.1 Å². The molecule has 0 radical (unpaired) electrons. The van der Waals surface area contributed by atoms with Crippen LogP contribution in [0.4, 0.5) is 0 Å². The third-order valence-electron chi connectivity index (χ3n) is 3.24. The second-order valence-electron chi connectivity index (χ2n) is 5.16. The topological polar surface area (TPSA) is 30.5 Å². The van der Waals surface area contributed by atoms with Gasteiger partial charge >= 0.3 is 0 Å². The highest BCUT2D eigenvalue weighted by atomic mass is 35.5. The summed E-state index contributed by atoms with van der Waals surface area (Å²) < 4.78 is 11.3. The lowest BCUT2D eigenvalue weighted by atomic mass is 10.2. The van der Waals surface area contributed by atoms with E-state index in [0.29, 0.717) is 18.6 Å². The zero-order chi connectivity index (χ0) is 13.5. The Morgan fingerprint density at radius 1 is 1.42 bits per heavy atom. The first-order chi connectivity index (χ1) is 9.24. The van der Waals surface area contributed by atoms with Gasteiger partial charge in [0.1, 0.15) is 5.75 Å². The van der Waals surface area contributed by atoms with Crippen LogP contribution in [0.2, 0.25) is 5.02 Å². The Morgan fingerprint density at radius 2 is 2.21 bits per heavy atom. The zero-order valence-electron chi connectivity index (χ0n) is 11.4. The van der Waals surface area contributed by atoms with Crippen LogP contribution in [0.3, 0.4) is 0 Å². The summed E-state index contributed by atoms with van der Waals surface area (Å²) in [6.45, 7) is 5.71. The summed E-state index contributed by atoms with van der Waals surface area (Å²) in [5, 5.41) is 4.18. The fourth-order valence-corrected chi connectivity index (χ4v) is 2.25. The Balaban J connectivity index is 1.58. The maximum Gasteiger partial charge on any atom is 0.119 e. The number of ether oxygens (including phenoxy) is 2. The van der Waals surface area contributed by atoms with Crippen molar-refractivity contribution in [3.05, 3.63) is 29.3 Å². The molecule has 4 heteroatoms. The van der Waals surface area contributed by atoms with Crippen molar-refractivity contribution in [1.82, 2.24) is 5.32 Å². The van der Waals surface area contributed by atoms with E-state index in [1.807, 2.05) is 24.3 Å². The Kier molecular flexibility index (Phi) is 5.95. The number of halogens is 1. The molecule has 2 unspecified atom stereocenters. The molecule has 0 bridgehead atoms. The SMILES string of the molecule is CC(CNCC1CCCO1)COc1ccc(Cl)cc1. The van der Waals surface area contributed by atoms with Gasteiger partial charge in [0.2, 0.25) is 0 Å². The van der Waals surface area contributed by atoms with Crippen LogP contribution in [0.15, 0.2) is 24.3 Å². The van der Waals surface area contributed by atoms with Crippen LogP contribution >= 0.6 is 11.6 Å². The van der Waals surface area contributed by atoms with E-state index in [9.17, 15) is 0 Å². The summed E-state index contributed by atoms with van der Waals surface area (Å²) in [7, 11) is 0. The molecule has 1 saturated heterocycles. The molecule has 1 fully saturated rings. The largest absolute Gasteiger partial charge is 0.493 e. The summed E-state index contributed by atoms with van der Waals surface area (Å²) in [4.78, 5) is 0. The summed E-state index contributed by atoms with van der Waals surface area (Å²) >= 11 is 5.83. The fourth-order valence-electron chi connectivity index (χ4n) is 2.12. The van der Waals surface area contributed by atoms with Gasteiger partial charge in [-0.25, -0.2) is 0 Å². The van der Waals surface area contributed by atoms with E-state index in [1.54, 1.807) is 0 Å². The van der Waals surface area contributed by atoms with Crippen molar-refractivity contribution in [2.24, 2.45) is 5.92 Å². The van der Waals surface area contributed by atoms with Crippen LogP contribution in [0.5, 0.6) is 5.75 Å².